The number of sulfonamides is 1. The number of hydrogen-bond acceptors (Lipinski definition) is 4. The van der Waals surface area contributed by atoms with Gasteiger partial charge < -0.3 is 0 Å². The fourth-order valence-electron chi connectivity index (χ4n) is 2.44. The summed E-state index contributed by atoms with van der Waals surface area (Å²) in [5.41, 5.74) is 0.839. The molecule has 2 amide bonds. The molecule has 0 bridgehead atoms. The van der Waals surface area contributed by atoms with Crippen molar-refractivity contribution in [3.8, 4) is 0 Å². The number of imide groups is 1. The number of nitrogens with zero attached hydrogens (tertiary/aromatic N) is 2. The molecule has 0 N–H and O–H groups in total. The molecule has 1 heterocycles. The van der Waals surface area contributed by atoms with Gasteiger partial charge in [0.15, 0.2) is 0 Å². The van der Waals surface area contributed by atoms with Crippen LogP contribution >= 0.6 is 0 Å². The second-order valence-corrected chi connectivity index (χ2v) is 7.15. The topological polar surface area (TPSA) is 74.8 Å². The second kappa shape index (κ2) is 5.20. The molecule has 0 radical (unpaired) electrons. The SMILES string of the molecule is CN1C(=O)c2ccc(S(=O)(=O)N(C)c3ccccc3)cc2C1=O. The van der Waals surface area contributed by atoms with Gasteiger partial charge in [0.05, 0.1) is 21.7 Å². The molecule has 6 nitrogen and oxygen atoms in total. The standard InChI is InChI=1S/C16H14N2O4S/c1-17-15(19)13-9-8-12(10-14(13)16(17)20)23(21,22)18(2)11-6-4-3-5-7-11/h3-10H,1-2H3. The molecule has 0 aromatic heterocycles. The fraction of sp³-hybridized carbons (Fsp3) is 0.125. The first-order valence-electron chi connectivity index (χ1n) is 6.84. The van der Waals surface area contributed by atoms with Gasteiger partial charge >= 0.3 is 0 Å². The second-order valence-electron chi connectivity index (χ2n) is 5.18. The van der Waals surface area contributed by atoms with E-state index in [1.165, 1.54) is 32.3 Å². The average Bonchev–Trinajstić information content (AvgIpc) is 2.79. The van der Waals surface area contributed by atoms with Crippen LogP contribution in [0.4, 0.5) is 5.69 Å². The van der Waals surface area contributed by atoms with Crippen molar-refractivity contribution in [3.05, 3.63) is 59.7 Å². The van der Waals surface area contributed by atoms with Crippen LogP contribution in [-0.4, -0.2) is 39.2 Å². The minimum atomic E-state index is -3.82. The normalized spacial score (nSPS) is 14.1. The van der Waals surface area contributed by atoms with Gasteiger partial charge in [0.25, 0.3) is 21.8 Å². The van der Waals surface area contributed by atoms with Gasteiger partial charge in [0.2, 0.25) is 0 Å². The molecule has 0 aliphatic carbocycles. The van der Waals surface area contributed by atoms with Crippen molar-refractivity contribution in [1.29, 1.82) is 0 Å². The van der Waals surface area contributed by atoms with Crippen LogP contribution in [0.25, 0.3) is 0 Å². The van der Waals surface area contributed by atoms with E-state index in [2.05, 4.69) is 0 Å². The third-order valence-electron chi connectivity index (χ3n) is 3.84. The number of benzene rings is 2. The lowest BCUT2D eigenvalue weighted by Crippen LogP contribution is -2.26. The number of fused-ring (bicyclic) bond motifs is 1. The van der Waals surface area contributed by atoms with E-state index in [4.69, 9.17) is 0 Å². The highest BCUT2D eigenvalue weighted by molar-refractivity contribution is 7.92. The number of carbonyl (C=O) groups excluding carboxylic acids is 2. The Morgan fingerprint density at radius 2 is 1.52 bits per heavy atom. The average molecular weight is 330 g/mol. The van der Waals surface area contributed by atoms with Crippen LogP contribution < -0.4 is 4.31 Å². The maximum absolute atomic E-state index is 12.7. The summed E-state index contributed by atoms with van der Waals surface area (Å²) >= 11 is 0. The van der Waals surface area contributed by atoms with Crippen molar-refractivity contribution in [3.63, 3.8) is 0 Å². The van der Waals surface area contributed by atoms with Crippen LogP contribution in [0.5, 0.6) is 0 Å². The monoisotopic (exact) mass is 330 g/mol. The summed E-state index contributed by atoms with van der Waals surface area (Å²) in [6.45, 7) is 0. The van der Waals surface area contributed by atoms with E-state index in [0.717, 1.165) is 9.21 Å². The zero-order valence-electron chi connectivity index (χ0n) is 12.6. The summed E-state index contributed by atoms with van der Waals surface area (Å²) in [6.07, 6.45) is 0. The number of rotatable bonds is 3. The first-order chi connectivity index (χ1) is 10.8. The van der Waals surface area contributed by atoms with Gasteiger partial charge in [-0.05, 0) is 30.3 Å². The molecule has 0 atom stereocenters. The summed E-state index contributed by atoms with van der Waals surface area (Å²) in [4.78, 5) is 24.8. The molecule has 1 aliphatic rings. The van der Waals surface area contributed by atoms with E-state index in [-0.39, 0.29) is 16.0 Å². The summed E-state index contributed by atoms with van der Waals surface area (Å²) in [5.74, 6) is -0.922. The Kier molecular flexibility index (Phi) is 3.45. The largest absolute Gasteiger partial charge is 0.277 e. The maximum Gasteiger partial charge on any atom is 0.264 e. The molecule has 23 heavy (non-hydrogen) atoms. The van der Waals surface area contributed by atoms with E-state index < -0.39 is 21.8 Å². The van der Waals surface area contributed by atoms with E-state index in [0.29, 0.717) is 5.69 Å². The molecule has 2 aromatic carbocycles. The van der Waals surface area contributed by atoms with Crippen molar-refractivity contribution in [2.75, 3.05) is 18.4 Å². The number of hydrogen-bond donors (Lipinski definition) is 0. The summed E-state index contributed by atoms with van der Waals surface area (Å²) in [6, 6.07) is 12.6. The molecule has 0 spiro atoms. The van der Waals surface area contributed by atoms with E-state index in [1.807, 2.05) is 0 Å². The van der Waals surface area contributed by atoms with Crippen LogP contribution in [0.15, 0.2) is 53.4 Å². The quantitative estimate of drug-likeness (QED) is 0.804. The molecule has 0 fully saturated rings. The van der Waals surface area contributed by atoms with Gasteiger partial charge in [-0.15, -0.1) is 0 Å². The number of carbonyl (C=O) groups is 2. The Hall–Kier alpha value is -2.67. The molecule has 0 unspecified atom stereocenters. The molecule has 0 saturated carbocycles. The van der Waals surface area contributed by atoms with Gasteiger partial charge in [-0.2, -0.15) is 0 Å². The highest BCUT2D eigenvalue weighted by atomic mass is 32.2. The molecule has 2 aromatic rings. The van der Waals surface area contributed by atoms with Crippen molar-refractivity contribution < 1.29 is 18.0 Å². The van der Waals surface area contributed by atoms with E-state index >= 15 is 0 Å². The first-order valence-corrected chi connectivity index (χ1v) is 8.28. The first kappa shape index (κ1) is 15.2. The summed E-state index contributed by atoms with van der Waals surface area (Å²) in [5, 5.41) is 0. The summed E-state index contributed by atoms with van der Waals surface area (Å²) < 4.78 is 26.6. The van der Waals surface area contributed by atoms with Crippen molar-refractivity contribution >= 4 is 27.5 Å². The highest BCUT2D eigenvalue weighted by Gasteiger charge is 2.34. The van der Waals surface area contributed by atoms with Crippen molar-refractivity contribution in [2.24, 2.45) is 0 Å². The highest BCUT2D eigenvalue weighted by Crippen LogP contribution is 2.27. The molecule has 118 valence electrons. The van der Waals surface area contributed by atoms with Gasteiger partial charge in [-0.25, -0.2) is 8.42 Å². The minimum absolute atomic E-state index is 0.0287. The van der Waals surface area contributed by atoms with Gasteiger partial charge in [-0.3, -0.25) is 18.8 Å². The molecular weight excluding hydrogens is 316 g/mol. The predicted molar refractivity (Wildman–Crippen MR) is 84.9 cm³/mol. The van der Waals surface area contributed by atoms with Gasteiger partial charge in [-0.1, -0.05) is 18.2 Å². The molecule has 0 saturated heterocycles. The summed E-state index contributed by atoms with van der Waals surface area (Å²) in [7, 11) is -1.01. The third-order valence-corrected chi connectivity index (χ3v) is 5.62. The van der Waals surface area contributed by atoms with Crippen LogP contribution in [0.2, 0.25) is 0 Å². The minimum Gasteiger partial charge on any atom is -0.277 e. The Labute approximate surface area is 134 Å². The smallest absolute Gasteiger partial charge is 0.264 e. The lowest BCUT2D eigenvalue weighted by Gasteiger charge is -2.19. The molecule has 1 aliphatic heterocycles. The van der Waals surface area contributed by atoms with Crippen molar-refractivity contribution in [2.45, 2.75) is 4.90 Å². The van der Waals surface area contributed by atoms with Crippen LogP contribution in [0.1, 0.15) is 20.7 Å². The fourth-order valence-corrected chi connectivity index (χ4v) is 3.66. The zero-order valence-corrected chi connectivity index (χ0v) is 13.4. The zero-order chi connectivity index (χ0) is 16.8. The molecular formula is C16H14N2O4S. The van der Waals surface area contributed by atoms with E-state index in [1.54, 1.807) is 30.3 Å². The predicted octanol–water partition coefficient (Wildman–Crippen LogP) is 1.74. The van der Waals surface area contributed by atoms with E-state index in [9.17, 15) is 18.0 Å². The number of anilines is 1. The Balaban J connectivity index is 2.06. The van der Waals surface area contributed by atoms with Crippen LogP contribution in [0.3, 0.4) is 0 Å². The van der Waals surface area contributed by atoms with Crippen LogP contribution in [0, 0.1) is 0 Å². The lowest BCUT2D eigenvalue weighted by molar-refractivity contribution is 0.0693. The van der Waals surface area contributed by atoms with Gasteiger partial charge in [0.1, 0.15) is 0 Å². The van der Waals surface area contributed by atoms with Crippen LogP contribution in [-0.2, 0) is 10.0 Å². The Morgan fingerprint density at radius 3 is 2.17 bits per heavy atom. The molecule has 7 heteroatoms. The maximum atomic E-state index is 12.7. The number of para-hydroxylation sites is 1. The van der Waals surface area contributed by atoms with Gasteiger partial charge in [0, 0.05) is 14.1 Å². The third kappa shape index (κ3) is 2.29. The Morgan fingerprint density at radius 1 is 0.913 bits per heavy atom. The number of amides is 2. The van der Waals surface area contributed by atoms with Crippen molar-refractivity contribution in [1.82, 2.24) is 4.90 Å². The lowest BCUT2D eigenvalue weighted by atomic mass is 10.1. The molecule has 3 rings (SSSR count). The Bertz CT molecular complexity index is 907.